The van der Waals surface area contributed by atoms with Crippen LogP contribution in [0.2, 0.25) is 0 Å². The van der Waals surface area contributed by atoms with E-state index in [4.69, 9.17) is 5.73 Å². The van der Waals surface area contributed by atoms with Gasteiger partial charge in [-0.15, -0.1) is 0 Å². The molecule has 4 nitrogen and oxygen atoms in total. The van der Waals surface area contributed by atoms with Crippen molar-refractivity contribution < 1.29 is 8.42 Å². The summed E-state index contributed by atoms with van der Waals surface area (Å²) in [4.78, 5) is 3.73. The van der Waals surface area contributed by atoms with Gasteiger partial charge in [0.05, 0.1) is 0 Å². The third-order valence-corrected chi connectivity index (χ3v) is 1.59. The fraction of sp³-hybridized carbons (Fsp3) is 0.800. The summed E-state index contributed by atoms with van der Waals surface area (Å²) in [6, 6.07) is 0. The predicted octanol–water partition coefficient (Wildman–Crippen LogP) is -0.592. The predicted molar refractivity (Wildman–Crippen MR) is 41.9 cm³/mol. The first-order valence-electron chi connectivity index (χ1n) is 2.92. The van der Waals surface area contributed by atoms with E-state index >= 15 is 0 Å². The molecule has 0 saturated heterocycles. The standard InChI is InChI=1S/C5H12N2O2S/c1-3-7-5(6)4-10(2,8)9/h3-4H2,1-2H3,(H2,6,7). The quantitative estimate of drug-likeness (QED) is 0.447. The van der Waals surface area contributed by atoms with Crippen molar-refractivity contribution in [1.82, 2.24) is 0 Å². The first kappa shape index (κ1) is 9.42. The Morgan fingerprint density at radius 2 is 2.10 bits per heavy atom. The molecule has 0 heterocycles. The van der Waals surface area contributed by atoms with Gasteiger partial charge >= 0.3 is 0 Å². The molecule has 0 spiro atoms. The van der Waals surface area contributed by atoms with Crippen molar-refractivity contribution >= 4 is 15.7 Å². The van der Waals surface area contributed by atoms with Gasteiger partial charge in [-0.25, -0.2) is 8.42 Å². The summed E-state index contributed by atoms with van der Waals surface area (Å²) in [5.41, 5.74) is 5.24. The number of sulfone groups is 1. The number of nitrogens with two attached hydrogens (primary N) is 1. The van der Waals surface area contributed by atoms with Crippen molar-refractivity contribution in [1.29, 1.82) is 0 Å². The van der Waals surface area contributed by atoms with Gasteiger partial charge in [0.15, 0.2) is 9.84 Å². The van der Waals surface area contributed by atoms with Crippen LogP contribution in [-0.4, -0.2) is 32.8 Å². The molecule has 0 saturated carbocycles. The van der Waals surface area contributed by atoms with Crippen LogP contribution in [-0.2, 0) is 9.84 Å². The second-order valence-electron chi connectivity index (χ2n) is 2.04. The van der Waals surface area contributed by atoms with E-state index in [1.165, 1.54) is 0 Å². The monoisotopic (exact) mass is 164 g/mol. The Morgan fingerprint density at radius 1 is 1.60 bits per heavy atom. The second kappa shape index (κ2) is 3.55. The molecule has 0 aliphatic rings. The Morgan fingerprint density at radius 3 is 2.40 bits per heavy atom. The molecule has 2 N–H and O–H groups in total. The molecule has 0 atom stereocenters. The van der Waals surface area contributed by atoms with E-state index in [-0.39, 0.29) is 11.6 Å². The van der Waals surface area contributed by atoms with E-state index in [9.17, 15) is 8.42 Å². The van der Waals surface area contributed by atoms with Crippen LogP contribution in [0, 0.1) is 0 Å². The molecule has 0 radical (unpaired) electrons. The van der Waals surface area contributed by atoms with Crippen LogP contribution in [0.15, 0.2) is 4.99 Å². The summed E-state index contributed by atoms with van der Waals surface area (Å²) in [5, 5.41) is 0. The molecule has 5 heteroatoms. The largest absolute Gasteiger partial charge is 0.387 e. The maximum Gasteiger partial charge on any atom is 0.154 e. The van der Waals surface area contributed by atoms with Gasteiger partial charge in [0, 0.05) is 12.8 Å². The van der Waals surface area contributed by atoms with Gasteiger partial charge in [0.25, 0.3) is 0 Å². The molecule has 0 aromatic carbocycles. The molecule has 60 valence electrons. The van der Waals surface area contributed by atoms with Crippen LogP contribution in [0.3, 0.4) is 0 Å². The normalized spacial score (nSPS) is 13.6. The summed E-state index contributed by atoms with van der Waals surface area (Å²) in [7, 11) is -3.00. The van der Waals surface area contributed by atoms with Gasteiger partial charge in [-0.05, 0) is 6.92 Å². The summed E-state index contributed by atoms with van der Waals surface area (Å²) in [6.45, 7) is 2.33. The van der Waals surface area contributed by atoms with E-state index in [0.717, 1.165) is 6.26 Å². The highest BCUT2D eigenvalue weighted by atomic mass is 32.2. The van der Waals surface area contributed by atoms with Crippen LogP contribution in [0.4, 0.5) is 0 Å². The van der Waals surface area contributed by atoms with E-state index < -0.39 is 9.84 Å². The van der Waals surface area contributed by atoms with Crippen LogP contribution >= 0.6 is 0 Å². The second-order valence-corrected chi connectivity index (χ2v) is 4.18. The maximum absolute atomic E-state index is 10.6. The maximum atomic E-state index is 10.6. The zero-order valence-electron chi connectivity index (χ0n) is 6.16. The lowest BCUT2D eigenvalue weighted by Gasteiger charge is -1.95. The molecule has 0 rings (SSSR count). The zero-order valence-corrected chi connectivity index (χ0v) is 6.98. The lowest BCUT2D eigenvalue weighted by Crippen LogP contribution is -2.23. The van der Waals surface area contributed by atoms with Crippen LogP contribution in [0.5, 0.6) is 0 Å². The number of hydrogen-bond acceptors (Lipinski definition) is 3. The summed E-state index contributed by atoms with van der Waals surface area (Å²) in [6.07, 6.45) is 1.13. The van der Waals surface area contributed by atoms with Gasteiger partial charge in [0.2, 0.25) is 0 Å². The minimum absolute atomic E-state index is 0.138. The molecule has 0 aromatic rings. The van der Waals surface area contributed by atoms with E-state index in [0.29, 0.717) is 6.54 Å². The van der Waals surface area contributed by atoms with Crippen molar-refractivity contribution in [3.63, 3.8) is 0 Å². The Hall–Kier alpha value is -0.580. The SMILES string of the molecule is CCN=C(N)CS(C)(=O)=O. The number of aliphatic imine (C=N–C) groups is 1. The molecule has 0 fully saturated rings. The fourth-order valence-corrected chi connectivity index (χ4v) is 1.15. The first-order valence-corrected chi connectivity index (χ1v) is 4.98. The van der Waals surface area contributed by atoms with Crippen LogP contribution in [0.25, 0.3) is 0 Å². The Bertz CT molecular complexity index is 218. The highest BCUT2D eigenvalue weighted by Gasteiger charge is 2.03. The Balaban J connectivity index is 4.05. The fourth-order valence-electron chi connectivity index (χ4n) is 0.517. The van der Waals surface area contributed by atoms with Crippen LogP contribution < -0.4 is 5.73 Å². The molecule has 0 amide bonds. The third kappa shape index (κ3) is 5.55. The van der Waals surface area contributed by atoms with E-state index in [2.05, 4.69) is 4.99 Å². The highest BCUT2D eigenvalue weighted by Crippen LogP contribution is 1.82. The minimum Gasteiger partial charge on any atom is -0.387 e. The molecule has 0 aliphatic heterocycles. The van der Waals surface area contributed by atoms with Crippen molar-refractivity contribution in [2.24, 2.45) is 10.7 Å². The van der Waals surface area contributed by atoms with Gasteiger partial charge in [-0.3, -0.25) is 4.99 Å². The summed E-state index contributed by atoms with van der Waals surface area (Å²) >= 11 is 0. The van der Waals surface area contributed by atoms with E-state index in [1.54, 1.807) is 6.92 Å². The molecular formula is C5H12N2O2S. The number of rotatable bonds is 3. The topological polar surface area (TPSA) is 72.5 Å². The van der Waals surface area contributed by atoms with Crippen molar-refractivity contribution in [3.8, 4) is 0 Å². The van der Waals surface area contributed by atoms with Crippen molar-refractivity contribution in [2.75, 3.05) is 18.6 Å². The first-order chi connectivity index (χ1) is 4.45. The van der Waals surface area contributed by atoms with Crippen LogP contribution in [0.1, 0.15) is 6.92 Å². The lowest BCUT2D eigenvalue weighted by atomic mass is 10.7. The summed E-state index contributed by atoms with van der Waals surface area (Å²) in [5.74, 6) is 0.0471. The van der Waals surface area contributed by atoms with Gasteiger partial charge in [-0.1, -0.05) is 0 Å². The van der Waals surface area contributed by atoms with E-state index in [1.807, 2.05) is 0 Å². The summed E-state index contributed by atoms with van der Waals surface area (Å²) < 4.78 is 21.1. The number of hydrogen-bond donors (Lipinski definition) is 1. The van der Waals surface area contributed by atoms with Gasteiger partial charge in [0.1, 0.15) is 11.6 Å². The molecule has 10 heavy (non-hydrogen) atoms. The average Bonchev–Trinajstić information content (AvgIpc) is 1.59. The smallest absolute Gasteiger partial charge is 0.154 e. The molecule has 0 bridgehead atoms. The highest BCUT2D eigenvalue weighted by molar-refractivity contribution is 7.91. The Kier molecular flexibility index (Phi) is 3.35. The third-order valence-electron chi connectivity index (χ3n) is 0.771. The molecular weight excluding hydrogens is 152 g/mol. The zero-order chi connectivity index (χ0) is 8.20. The number of nitrogens with zero attached hydrogens (tertiary/aromatic N) is 1. The van der Waals surface area contributed by atoms with Gasteiger partial charge < -0.3 is 5.73 Å². The average molecular weight is 164 g/mol. The Labute approximate surface area is 61.1 Å². The van der Waals surface area contributed by atoms with Crippen molar-refractivity contribution in [2.45, 2.75) is 6.92 Å². The number of amidine groups is 1. The minimum atomic E-state index is -3.00. The van der Waals surface area contributed by atoms with Gasteiger partial charge in [-0.2, -0.15) is 0 Å². The molecule has 0 unspecified atom stereocenters. The molecule has 0 aromatic heterocycles. The van der Waals surface area contributed by atoms with Crippen molar-refractivity contribution in [3.05, 3.63) is 0 Å². The molecule has 0 aliphatic carbocycles. The lowest BCUT2D eigenvalue weighted by molar-refractivity contribution is 0.605.